The molecule has 0 spiro atoms. The molecule has 0 atom stereocenters. The number of amides is 2. The second-order valence-corrected chi connectivity index (χ2v) is 5.44. The maximum Gasteiger partial charge on any atom is 0.324 e. The highest BCUT2D eigenvalue weighted by Crippen LogP contribution is 2.34. The Morgan fingerprint density at radius 1 is 1.05 bits per heavy atom. The zero-order valence-corrected chi connectivity index (χ0v) is 11.3. The van der Waals surface area contributed by atoms with Crippen LogP contribution in [0.15, 0.2) is 18.2 Å². The van der Waals surface area contributed by atoms with Crippen molar-refractivity contribution in [3.8, 4) is 0 Å². The van der Waals surface area contributed by atoms with Gasteiger partial charge in [0.25, 0.3) is 0 Å². The minimum Gasteiger partial charge on any atom is -0.397 e. The van der Waals surface area contributed by atoms with Gasteiger partial charge in [-0.1, -0.05) is 25.0 Å². The quantitative estimate of drug-likeness (QED) is 0.728. The summed E-state index contributed by atoms with van der Waals surface area (Å²) >= 11 is 0. The molecule has 0 unspecified atom stereocenters. The number of carbonyl (C=O) groups is 1. The van der Waals surface area contributed by atoms with Crippen molar-refractivity contribution in [1.29, 1.82) is 0 Å². The predicted molar refractivity (Wildman–Crippen MR) is 77.3 cm³/mol. The number of hydrogen-bond acceptors (Lipinski definition) is 2. The van der Waals surface area contributed by atoms with Crippen LogP contribution in [0.1, 0.15) is 31.2 Å². The van der Waals surface area contributed by atoms with E-state index in [1.807, 2.05) is 21.9 Å². The lowest BCUT2D eigenvalue weighted by molar-refractivity contribution is 0.207. The summed E-state index contributed by atoms with van der Waals surface area (Å²) in [6, 6.07) is 6.06. The van der Waals surface area contributed by atoms with Crippen molar-refractivity contribution in [2.45, 2.75) is 32.1 Å². The number of carbonyl (C=O) groups excluding carboxylic acids is 1. The smallest absolute Gasteiger partial charge is 0.324 e. The Balaban J connectivity index is 1.82. The molecule has 2 N–H and O–H groups in total. The summed E-state index contributed by atoms with van der Waals surface area (Å²) < 4.78 is 0. The Morgan fingerprint density at radius 2 is 1.79 bits per heavy atom. The molecule has 0 radical (unpaired) electrons. The van der Waals surface area contributed by atoms with Gasteiger partial charge in [0.2, 0.25) is 0 Å². The molecule has 4 heteroatoms. The van der Waals surface area contributed by atoms with E-state index in [9.17, 15) is 4.79 Å². The third kappa shape index (κ3) is 2.27. The van der Waals surface area contributed by atoms with Gasteiger partial charge in [0, 0.05) is 19.6 Å². The highest BCUT2D eigenvalue weighted by atomic mass is 16.2. The van der Waals surface area contributed by atoms with Crippen molar-refractivity contribution in [2.24, 2.45) is 0 Å². The normalized spacial score (nSPS) is 19.2. The number of hydrogen-bond donors (Lipinski definition) is 1. The number of nitrogen functional groups attached to an aromatic ring is 1. The summed E-state index contributed by atoms with van der Waals surface area (Å²) in [4.78, 5) is 16.5. The van der Waals surface area contributed by atoms with Gasteiger partial charge in [0.15, 0.2) is 0 Å². The summed E-state index contributed by atoms with van der Waals surface area (Å²) in [6.45, 7) is 2.54. The lowest BCUT2D eigenvalue weighted by atomic mass is 10.1. The molecule has 0 aromatic heterocycles. The van der Waals surface area contributed by atoms with E-state index >= 15 is 0 Å². The highest BCUT2D eigenvalue weighted by molar-refractivity contribution is 5.97. The van der Waals surface area contributed by atoms with E-state index in [2.05, 4.69) is 6.07 Å². The average Bonchev–Trinajstić information content (AvgIpc) is 2.67. The second-order valence-electron chi connectivity index (χ2n) is 5.44. The van der Waals surface area contributed by atoms with E-state index in [0.29, 0.717) is 0 Å². The van der Waals surface area contributed by atoms with Gasteiger partial charge in [0.1, 0.15) is 0 Å². The first kappa shape index (κ1) is 12.3. The second kappa shape index (κ2) is 5.11. The van der Waals surface area contributed by atoms with Crippen molar-refractivity contribution in [3.05, 3.63) is 23.8 Å². The molecular weight excluding hydrogens is 238 g/mol. The summed E-state index contributed by atoms with van der Waals surface area (Å²) in [5, 5.41) is 0. The lowest BCUT2D eigenvalue weighted by Crippen LogP contribution is -2.43. The Bertz CT molecular complexity index is 478. The molecule has 1 aromatic rings. The standard InChI is InChI=1S/C15H21N3O/c16-13-7-5-6-12-8-11-18(14(12)13)15(19)17-9-3-1-2-4-10-17/h5-7H,1-4,8-11,16H2. The molecule has 1 aromatic carbocycles. The van der Waals surface area contributed by atoms with E-state index in [1.165, 1.54) is 18.4 Å². The topological polar surface area (TPSA) is 49.6 Å². The number of anilines is 2. The van der Waals surface area contributed by atoms with Gasteiger partial charge in [-0.25, -0.2) is 4.79 Å². The fourth-order valence-electron chi connectivity index (χ4n) is 3.11. The number of rotatable bonds is 0. The number of likely N-dealkylation sites (tertiary alicyclic amines) is 1. The van der Waals surface area contributed by atoms with Crippen molar-refractivity contribution >= 4 is 17.4 Å². The average molecular weight is 259 g/mol. The Hall–Kier alpha value is -1.71. The van der Waals surface area contributed by atoms with Crippen LogP contribution in [0.5, 0.6) is 0 Å². The Morgan fingerprint density at radius 3 is 2.53 bits per heavy atom. The van der Waals surface area contributed by atoms with E-state index in [1.54, 1.807) is 0 Å². The fraction of sp³-hybridized carbons (Fsp3) is 0.533. The van der Waals surface area contributed by atoms with Gasteiger partial charge in [-0.15, -0.1) is 0 Å². The van der Waals surface area contributed by atoms with Crippen LogP contribution in [-0.4, -0.2) is 30.6 Å². The number of fused-ring (bicyclic) bond motifs is 1. The van der Waals surface area contributed by atoms with Crippen molar-refractivity contribution in [2.75, 3.05) is 30.3 Å². The lowest BCUT2D eigenvalue weighted by Gasteiger charge is -2.27. The number of urea groups is 1. The van der Waals surface area contributed by atoms with Crippen LogP contribution >= 0.6 is 0 Å². The number of benzene rings is 1. The molecule has 1 fully saturated rings. The third-order valence-electron chi connectivity index (χ3n) is 4.13. The van der Waals surface area contributed by atoms with Crippen LogP contribution < -0.4 is 10.6 Å². The SMILES string of the molecule is Nc1cccc2c1N(C(=O)N1CCCCCC1)CC2. The first-order valence-electron chi connectivity index (χ1n) is 7.21. The van der Waals surface area contributed by atoms with Crippen molar-refractivity contribution in [3.63, 3.8) is 0 Å². The molecule has 4 nitrogen and oxygen atoms in total. The van der Waals surface area contributed by atoms with Crippen LogP contribution in [-0.2, 0) is 6.42 Å². The van der Waals surface area contributed by atoms with E-state index in [-0.39, 0.29) is 6.03 Å². The maximum atomic E-state index is 12.7. The number of para-hydroxylation sites is 1. The molecule has 2 aliphatic rings. The maximum absolute atomic E-state index is 12.7. The number of nitrogens with two attached hydrogens (primary N) is 1. The zero-order chi connectivity index (χ0) is 13.2. The predicted octanol–water partition coefficient (Wildman–Crippen LogP) is 2.63. The molecular formula is C15H21N3O. The molecule has 19 heavy (non-hydrogen) atoms. The van der Waals surface area contributed by atoms with E-state index < -0.39 is 0 Å². The molecule has 2 amide bonds. The Kier molecular flexibility index (Phi) is 3.32. The van der Waals surface area contributed by atoms with Crippen LogP contribution in [0.2, 0.25) is 0 Å². The summed E-state index contributed by atoms with van der Waals surface area (Å²) in [6.07, 6.45) is 5.64. The summed E-state index contributed by atoms with van der Waals surface area (Å²) in [5.74, 6) is 0. The molecule has 0 aliphatic carbocycles. The van der Waals surface area contributed by atoms with Gasteiger partial charge in [0.05, 0.1) is 11.4 Å². The zero-order valence-electron chi connectivity index (χ0n) is 11.3. The van der Waals surface area contributed by atoms with Crippen molar-refractivity contribution in [1.82, 2.24) is 4.90 Å². The first-order chi connectivity index (χ1) is 9.27. The first-order valence-corrected chi connectivity index (χ1v) is 7.21. The van der Waals surface area contributed by atoms with E-state index in [0.717, 1.165) is 50.3 Å². The largest absolute Gasteiger partial charge is 0.397 e. The van der Waals surface area contributed by atoms with Crippen LogP contribution in [0, 0.1) is 0 Å². The summed E-state index contributed by atoms with van der Waals surface area (Å²) in [5.41, 5.74) is 8.91. The molecule has 0 bridgehead atoms. The molecule has 1 saturated heterocycles. The van der Waals surface area contributed by atoms with Crippen molar-refractivity contribution < 1.29 is 4.79 Å². The van der Waals surface area contributed by atoms with E-state index in [4.69, 9.17) is 5.73 Å². The molecule has 2 heterocycles. The van der Waals surface area contributed by atoms with Gasteiger partial charge in [-0.3, -0.25) is 4.90 Å². The molecule has 2 aliphatic heterocycles. The minimum atomic E-state index is 0.138. The molecule has 3 rings (SSSR count). The molecule has 102 valence electrons. The van der Waals surface area contributed by atoms with Gasteiger partial charge in [-0.2, -0.15) is 0 Å². The molecule has 0 saturated carbocycles. The fourth-order valence-corrected chi connectivity index (χ4v) is 3.11. The van der Waals surface area contributed by atoms with Gasteiger partial charge < -0.3 is 10.6 Å². The van der Waals surface area contributed by atoms with Crippen LogP contribution in [0.3, 0.4) is 0 Å². The van der Waals surface area contributed by atoms with Gasteiger partial charge >= 0.3 is 6.03 Å². The number of nitrogens with zero attached hydrogens (tertiary/aromatic N) is 2. The van der Waals surface area contributed by atoms with Crippen LogP contribution in [0.25, 0.3) is 0 Å². The minimum absolute atomic E-state index is 0.138. The third-order valence-corrected chi connectivity index (χ3v) is 4.13. The summed E-state index contributed by atoms with van der Waals surface area (Å²) in [7, 11) is 0. The Labute approximate surface area is 114 Å². The monoisotopic (exact) mass is 259 g/mol. The van der Waals surface area contributed by atoms with Crippen LogP contribution in [0.4, 0.5) is 16.2 Å². The van der Waals surface area contributed by atoms with Gasteiger partial charge in [-0.05, 0) is 30.9 Å². The highest BCUT2D eigenvalue weighted by Gasteiger charge is 2.29.